The molecule has 1 saturated heterocycles. The standard InChI is InChI=1S/C19H23F2N3O4S2.C2HF3O2/c20-17-3-1-16(2-4-17)15-24(30(27,28)19-7-5-18(21)6-8-19)13-14-29(25,26)23-11-9-22-10-12-23;3-2(4,5)1(6)7/h1-8,22H,9-15H2;(H,6,7). The predicted molar refractivity (Wildman–Crippen MR) is 122 cm³/mol. The lowest BCUT2D eigenvalue weighted by molar-refractivity contribution is -0.192. The van der Waals surface area contributed by atoms with Gasteiger partial charge in [-0.1, -0.05) is 12.1 Å². The summed E-state index contributed by atoms with van der Waals surface area (Å²) < 4.78 is 112. The summed E-state index contributed by atoms with van der Waals surface area (Å²) in [6.07, 6.45) is -5.08. The largest absolute Gasteiger partial charge is 0.490 e. The number of hydrogen-bond donors (Lipinski definition) is 2. The maximum Gasteiger partial charge on any atom is 0.490 e. The third-order valence-corrected chi connectivity index (χ3v) is 8.74. The van der Waals surface area contributed by atoms with Crippen molar-refractivity contribution in [3.63, 3.8) is 0 Å². The summed E-state index contributed by atoms with van der Waals surface area (Å²) in [7, 11) is -7.76. The van der Waals surface area contributed by atoms with Crippen LogP contribution in [0.2, 0.25) is 0 Å². The van der Waals surface area contributed by atoms with E-state index in [4.69, 9.17) is 9.90 Å². The Morgan fingerprint density at radius 3 is 1.84 bits per heavy atom. The van der Waals surface area contributed by atoms with E-state index in [1.165, 1.54) is 28.6 Å². The molecule has 16 heteroatoms. The smallest absolute Gasteiger partial charge is 0.475 e. The average Bonchev–Trinajstić information content (AvgIpc) is 2.83. The summed E-state index contributed by atoms with van der Waals surface area (Å²) >= 11 is 0. The van der Waals surface area contributed by atoms with E-state index in [2.05, 4.69) is 5.32 Å². The minimum atomic E-state index is -5.08. The van der Waals surface area contributed by atoms with Gasteiger partial charge in [0.15, 0.2) is 0 Å². The van der Waals surface area contributed by atoms with Crippen molar-refractivity contribution in [3.8, 4) is 0 Å². The highest BCUT2D eigenvalue weighted by Gasteiger charge is 2.38. The second-order valence-electron chi connectivity index (χ2n) is 7.69. The normalized spacial score (nSPS) is 15.2. The molecule has 1 heterocycles. The molecule has 0 spiro atoms. The first-order valence-corrected chi connectivity index (χ1v) is 13.7. The maximum absolute atomic E-state index is 13.2. The molecule has 0 aromatic heterocycles. The summed E-state index contributed by atoms with van der Waals surface area (Å²) in [4.78, 5) is 8.75. The van der Waals surface area contributed by atoms with E-state index in [0.29, 0.717) is 31.7 Å². The number of nitrogens with zero attached hydrogens (tertiary/aromatic N) is 2. The molecule has 37 heavy (non-hydrogen) atoms. The molecule has 3 rings (SSSR count). The van der Waals surface area contributed by atoms with E-state index in [1.54, 1.807) is 0 Å². The number of carbonyl (C=O) groups is 1. The van der Waals surface area contributed by atoms with Crippen molar-refractivity contribution < 1.29 is 48.7 Å². The number of alkyl halides is 3. The van der Waals surface area contributed by atoms with Crippen molar-refractivity contribution in [3.05, 3.63) is 65.7 Å². The molecule has 0 unspecified atom stereocenters. The molecule has 1 aliphatic heterocycles. The first-order valence-electron chi connectivity index (χ1n) is 10.6. The van der Waals surface area contributed by atoms with Crippen molar-refractivity contribution in [1.29, 1.82) is 0 Å². The molecule has 0 bridgehead atoms. The van der Waals surface area contributed by atoms with Crippen LogP contribution in [0, 0.1) is 11.6 Å². The van der Waals surface area contributed by atoms with Gasteiger partial charge in [-0.15, -0.1) is 0 Å². The topological polar surface area (TPSA) is 124 Å². The Balaban J connectivity index is 0.000000604. The van der Waals surface area contributed by atoms with Crippen LogP contribution in [0.3, 0.4) is 0 Å². The van der Waals surface area contributed by atoms with Gasteiger partial charge in [0.1, 0.15) is 11.6 Å². The number of nitrogens with one attached hydrogen (secondary N) is 1. The molecule has 2 aromatic carbocycles. The number of piperazine rings is 1. The molecule has 206 valence electrons. The Morgan fingerprint density at radius 2 is 1.38 bits per heavy atom. The maximum atomic E-state index is 13.2. The van der Waals surface area contributed by atoms with E-state index >= 15 is 0 Å². The van der Waals surface area contributed by atoms with Crippen LogP contribution in [0.1, 0.15) is 5.56 Å². The number of halogens is 5. The van der Waals surface area contributed by atoms with Crippen LogP contribution in [-0.2, 0) is 31.4 Å². The lowest BCUT2D eigenvalue weighted by Crippen LogP contribution is -2.48. The van der Waals surface area contributed by atoms with Gasteiger partial charge in [-0.2, -0.15) is 21.8 Å². The second-order valence-corrected chi connectivity index (χ2v) is 11.7. The van der Waals surface area contributed by atoms with Crippen LogP contribution >= 0.6 is 0 Å². The molecule has 1 fully saturated rings. The summed E-state index contributed by atoms with van der Waals surface area (Å²) in [5.41, 5.74) is 0.502. The molecular weight excluding hydrogens is 549 g/mol. The zero-order chi connectivity index (χ0) is 27.9. The molecule has 9 nitrogen and oxygen atoms in total. The fraction of sp³-hybridized carbons (Fsp3) is 0.381. The van der Waals surface area contributed by atoms with E-state index in [9.17, 15) is 38.8 Å². The Morgan fingerprint density at radius 1 is 0.919 bits per heavy atom. The molecule has 2 N–H and O–H groups in total. The Kier molecular flexibility index (Phi) is 10.5. The lowest BCUT2D eigenvalue weighted by atomic mass is 10.2. The minimum Gasteiger partial charge on any atom is -0.475 e. The van der Waals surface area contributed by atoms with Crippen LogP contribution in [0.4, 0.5) is 22.0 Å². The van der Waals surface area contributed by atoms with Crippen LogP contribution in [0.5, 0.6) is 0 Å². The van der Waals surface area contributed by atoms with Crippen LogP contribution < -0.4 is 5.32 Å². The number of aliphatic carboxylic acids is 1. The monoisotopic (exact) mass is 573 g/mol. The van der Waals surface area contributed by atoms with E-state index in [-0.39, 0.29) is 18.0 Å². The Bertz CT molecular complexity index is 1250. The fourth-order valence-corrected chi connectivity index (χ4v) is 6.09. The van der Waals surface area contributed by atoms with Crippen molar-refractivity contribution in [2.75, 3.05) is 38.5 Å². The molecule has 0 amide bonds. The highest BCUT2D eigenvalue weighted by molar-refractivity contribution is 7.90. The first kappa shape index (κ1) is 30.6. The molecular formula is C21H24F5N3O6S2. The summed E-state index contributed by atoms with van der Waals surface area (Å²) in [6, 6.07) is 9.60. The molecule has 0 atom stereocenters. The Labute approximate surface area is 210 Å². The molecule has 0 aliphatic carbocycles. The summed E-state index contributed by atoms with van der Waals surface area (Å²) in [5.74, 6) is -4.20. The second kappa shape index (κ2) is 12.7. The van der Waals surface area contributed by atoms with Crippen LogP contribution in [-0.4, -0.2) is 81.2 Å². The quantitative estimate of drug-likeness (QED) is 0.463. The van der Waals surface area contributed by atoms with Crippen molar-refractivity contribution in [2.45, 2.75) is 17.6 Å². The molecule has 0 saturated carbocycles. The van der Waals surface area contributed by atoms with Crippen LogP contribution in [0.15, 0.2) is 53.4 Å². The lowest BCUT2D eigenvalue weighted by Gasteiger charge is -2.28. The third kappa shape index (κ3) is 9.30. The zero-order valence-electron chi connectivity index (χ0n) is 19.2. The van der Waals surface area contributed by atoms with Crippen molar-refractivity contribution in [1.82, 2.24) is 13.9 Å². The van der Waals surface area contributed by atoms with Gasteiger partial charge in [-0.25, -0.2) is 30.4 Å². The van der Waals surface area contributed by atoms with Gasteiger partial charge < -0.3 is 10.4 Å². The number of carboxylic acids is 1. The molecule has 1 aliphatic rings. The van der Waals surface area contributed by atoms with Gasteiger partial charge >= 0.3 is 12.1 Å². The average molecular weight is 574 g/mol. The van der Waals surface area contributed by atoms with Gasteiger partial charge in [0.25, 0.3) is 0 Å². The van der Waals surface area contributed by atoms with Gasteiger partial charge in [0, 0.05) is 39.3 Å². The third-order valence-electron chi connectivity index (χ3n) is 5.03. The van der Waals surface area contributed by atoms with Crippen LogP contribution in [0.25, 0.3) is 0 Å². The summed E-state index contributed by atoms with van der Waals surface area (Å²) in [5, 5.41) is 10.2. The Hall–Kier alpha value is -2.66. The zero-order valence-corrected chi connectivity index (χ0v) is 20.8. The van der Waals surface area contributed by atoms with E-state index < -0.39 is 49.6 Å². The summed E-state index contributed by atoms with van der Waals surface area (Å²) in [6.45, 7) is 1.29. The van der Waals surface area contributed by atoms with Gasteiger partial charge in [0.05, 0.1) is 10.6 Å². The highest BCUT2D eigenvalue weighted by atomic mass is 32.2. The number of hydrogen-bond acceptors (Lipinski definition) is 6. The van der Waals surface area contributed by atoms with E-state index in [0.717, 1.165) is 28.6 Å². The van der Waals surface area contributed by atoms with Crippen molar-refractivity contribution in [2.24, 2.45) is 0 Å². The fourth-order valence-electron chi connectivity index (χ4n) is 3.10. The van der Waals surface area contributed by atoms with E-state index in [1.807, 2.05) is 0 Å². The number of carboxylic acid groups (broad SMARTS) is 1. The molecule has 2 aromatic rings. The first-order chi connectivity index (χ1) is 17.1. The van der Waals surface area contributed by atoms with Gasteiger partial charge in [0.2, 0.25) is 20.0 Å². The molecule has 0 radical (unpaired) electrons. The number of rotatable bonds is 8. The SMILES string of the molecule is O=C(O)C(F)(F)F.O=S(=O)(CCN(Cc1ccc(F)cc1)S(=O)(=O)c1ccc(F)cc1)N1CCNCC1. The van der Waals surface area contributed by atoms with Gasteiger partial charge in [-0.05, 0) is 42.0 Å². The predicted octanol–water partition coefficient (Wildman–Crippen LogP) is 2.02. The number of benzene rings is 2. The number of sulfonamides is 2. The van der Waals surface area contributed by atoms with Gasteiger partial charge in [-0.3, -0.25) is 0 Å². The van der Waals surface area contributed by atoms with Crippen molar-refractivity contribution >= 4 is 26.0 Å². The highest BCUT2D eigenvalue weighted by Crippen LogP contribution is 2.20. The minimum absolute atomic E-state index is 0.142.